The molecule has 0 unspecified atom stereocenters. The second-order valence-corrected chi connectivity index (χ2v) is 8.31. The van der Waals surface area contributed by atoms with Gasteiger partial charge < -0.3 is 15.2 Å². The molecule has 1 aliphatic rings. The van der Waals surface area contributed by atoms with Gasteiger partial charge in [-0.15, -0.1) is 0 Å². The Kier molecular flexibility index (Phi) is 6.04. The first-order chi connectivity index (χ1) is 14.5. The van der Waals surface area contributed by atoms with Crippen molar-refractivity contribution in [2.75, 3.05) is 13.1 Å². The average Bonchev–Trinajstić information content (AvgIpc) is 3.20. The van der Waals surface area contributed by atoms with E-state index in [9.17, 15) is 9.59 Å². The van der Waals surface area contributed by atoms with E-state index in [4.69, 9.17) is 11.6 Å². The molecule has 4 rings (SSSR count). The standard InChI is InChI=1S/C23H25ClN4O2/c1-15(22(29)26-14-19-4-2-3-9-25-19)16-7-10-28(11-8-16)23(30)21-13-17-12-18(24)5-6-20(17)27-21/h2-6,9,12-13,15-16,27H,7-8,10-11,14H2,1H3,(H,26,29)/t15-/m0/s1. The van der Waals surface area contributed by atoms with Gasteiger partial charge in [0.25, 0.3) is 5.91 Å². The van der Waals surface area contributed by atoms with Crippen LogP contribution in [0, 0.1) is 11.8 Å². The number of hydrogen-bond donors (Lipinski definition) is 2. The van der Waals surface area contributed by atoms with Crippen LogP contribution < -0.4 is 5.32 Å². The van der Waals surface area contributed by atoms with Gasteiger partial charge in [-0.25, -0.2) is 0 Å². The fraction of sp³-hybridized carbons (Fsp3) is 0.348. The van der Waals surface area contributed by atoms with Crippen molar-refractivity contribution >= 4 is 34.3 Å². The van der Waals surface area contributed by atoms with Crippen LogP contribution >= 0.6 is 11.6 Å². The summed E-state index contributed by atoms with van der Waals surface area (Å²) in [6.07, 6.45) is 3.35. The van der Waals surface area contributed by atoms with E-state index in [1.807, 2.05) is 48.2 Å². The summed E-state index contributed by atoms with van der Waals surface area (Å²) in [5.41, 5.74) is 2.32. The number of benzene rings is 1. The predicted octanol–water partition coefficient (Wildman–Crippen LogP) is 4.02. The van der Waals surface area contributed by atoms with Crippen molar-refractivity contribution in [3.05, 3.63) is 65.1 Å². The number of aromatic nitrogens is 2. The Morgan fingerprint density at radius 3 is 2.77 bits per heavy atom. The molecule has 2 N–H and O–H groups in total. The van der Waals surface area contributed by atoms with Crippen LogP contribution in [0.2, 0.25) is 5.02 Å². The highest BCUT2D eigenvalue weighted by molar-refractivity contribution is 6.31. The number of aromatic amines is 1. The second-order valence-electron chi connectivity index (χ2n) is 7.87. The number of pyridine rings is 1. The molecule has 6 nitrogen and oxygen atoms in total. The summed E-state index contributed by atoms with van der Waals surface area (Å²) < 4.78 is 0. The molecular formula is C23H25ClN4O2. The van der Waals surface area contributed by atoms with Gasteiger partial charge >= 0.3 is 0 Å². The third-order valence-corrected chi connectivity index (χ3v) is 6.17. The lowest BCUT2D eigenvalue weighted by Crippen LogP contribution is -2.42. The first-order valence-electron chi connectivity index (χ1n) is 10.3. The maximum atomic E-state index is 12.9. The van der Waals surface area contributed by atoms with Gasteiger partial charge in [0, 0.05) is 41.1 Å². The largest absolute Gasteiger partial charge is 0.351 e. The number of carbonyl (C=O) groups is 2. The molecule has 0 saturated carbocycles. The number of nitrogens with one attached hydrogen (secondary N) is 2. The van der Waals surface area contributed by atoms with Gasteiger partial charge in [0.1, 0.15) is 5.69 Å². The van der Waals surface area contributed by atoms with E-state index in [1.165, 1.54) is 0 Å². The molecule has 1 aromatic carbocycles. The van der Waals surface area contributed by atoms with Gasteiger partial charge in [0.15, 0.2) is 0 Å². The number of halogens is 1. The molecule has 2 amide bonds. The smallest absolute Gasteiger partial charge is 0.270 e. The zero-order valence-corrected chi connectivity index (χ0v) is 17.7. The van der Waals surface area contributed by atoms with Crippen molar-refractivity contribution in [1.82, 2.24) is 20.2 Å². The molecule has 156 valence electrons. The molecule has 0 radical (unpaired) electrons. The summed E-state index contributed by atoms with van der Waals surface area (Å²) in [4.78, 5) is 34.7. The van der Waals surface area contributed by atoms with E-state index >= 15 is 0 Å². The number of H-pyrrole nitrogens is 1. The van der Waals surface area contributed by atoms with E-state index in [2.05, 4.69) is 15.3 Å². The molecule has 1 fully saturated rings. The highest BCUT2D eigenvalue weighted by Crippen LogP contribution is 2.27. The summed E-state index contributed by atoms with van der Waals surface area (Å²) in [6, 6.07) is 13.0. The summed E-state index contributed by atoms with van der Waals surface area (Å²) in [5, 5.41) is 4.56. The molecule has 0 aliphatic carbocycles. The number of hydrogen-bond acceptors (Lipinski definition) is 3. The molecule has 1 saturated heterocycles. The Bertz CT molecular complexity index is 1040. The minimum atomic E-state index is -0.0961. The van der Waals surface area contributed by atoms with E-state index in [0.29, 0.717) is 30.4 Å². The van der Waals surface area contributed by atoms with Crippen molar-refractivity contribution in [3.63, 3.8) is 0 Å². The Morgan fingerprint density at radius 1 is 1.23 bits per heavy atom. The second kappa shape index (κ2) is 8.88. The number of piperidine rings is 1. The third kappa shape index (κ3) is 4.49. The summed E-state index contributed by atoms with van der Waals surface area (Å²) in [7, 11) is 0. The van der Waals surface area contributed by atoms with E-state index in [-0.39, 0.29) is 23.7 Å². The first-order valence-corrected chi connectivity index (χ1v) is 10.6. The fourth-order valence-corrected chi connectivity index (χ4v) is 4.23. The van der Waals surface area contributed by atoms with Gasteiger partial charge in [-0.1, -0.05) is 24.6 Å². The number of likely N-dealkylation sites (tertiary alicyclic amines) is 1. The molecule has 7 heteroatoms. The predicted molar refractivity (Wildman–Crippen MR) is 117 cm³/mol. The average molecular weight is 425 g/mol. The van der Waals surface area contributed by atoms with Crippen molar-refractivity contribution in [1.29, 1.82) is 0 Å². The van der Waals surface area contributed by atoms with Crippen LogP contribution in [0.1, 0.15) is 35.9 Å². The molecule has 0 spiro atoms. The SMILES string of the molecule is C[C@H](C(=O)NCc1ccccn1)C1CCN(C(=O)c2cc3cc(Cl)ccc3[nH]2)CC1. The van der Waals surface area contributed by atoms with E-state index < -0.39 is 0 Å². The number of fused-ring (bicyclic) bond motifs is 1. The summed E-state index contributed by atoms with van der Waals surface area (Å²) in [6.45, 7) is 3.71. The number of rotatable bonds is 5. The van der Waals surface area contributed by atoms with Crippen LogP contribution in [0.4, 0.5) is 0 Å². The van der Waals surface area contributed by atoms with Gasteiger partial charge in [-0.2, -0.15) is 0 Å². The van der Waals surface area contributed by atoms with Gasteiger partial charge in [-0.05, 0) is 55.2 Å². The molecule has 3 heterocycles. The van der Waals surface area contributed by atoms with E-state index in [1.54, 1.807) is 12.3 Å². The van der Waals surface area contributed by atoms with Crippen LogP contribution in [0.3, 0.4) is 0 Å². The zero-order chi connectivity index (χ0) is 21.1. The van der Waals surface area contributed by atoms with Crippen LogP contribution in [-0.2, 0) is 11.3 Å². The van der Waals surface area contributed by atoms with Gasteiger partial charge in [0.05, 0.1) is 12.2 Å². The molecular weight excluding hydrogens is 400 g/mol. The van der Waals surface area contributed by atoms with Crippen LogP contribution in [-0.4, -0.2) is 39.8 Å². The lowest BCUT2D eigenvalue weighted by molar-refractivity contribution is -0.126. The topological polar surface area (TPSA) is 78.1 Å². The van der Waals surface area contributed by atoms with Crippen LogP contribution in [0.5, 0.6) is 0 Å². The Morgan fingerprint density at radius 2 is 2.03 bits per heavy atom. The lowest BCUT2D eigenvalue weighted by atomic mass is 9.84. The minimum absolute atomic E-state index is 0.00645. The normalized spacial score (nSPS) is 15.9. The Labute approximate surface area is 180 Å². The maximum Gasteiger partial charge on any atom is 0.270 e. The van der Waals surface area contributed by atoms with E-state index in [0.717, 1.165) is 29.4 Å². The van der Waals surface area contributed by atoms with Gasteiger partial charge in [-0.3, -0.25) is 14.6 Å². The van der Waals surface area contributed by atoms with Crippen molar-refractivity contribution in [2.24, 2.45) is 11.8 Å². The maximum absolute atomic E-state index is 12.9. The van der Waals surface area contributed by atoms with Crippen molar-refractivity contribution in [2.45, 2.75) is 26.3 Å². The monoisotopic (exact) mass is 424 g/mol. The van der Waals surface area contributed by atoms with Crippen molar-refractivity contribution in [3.8, 4) is 0 Å². The highest BCUT2D eigenvalue weighted by Gasteiger charge is 2.30. The van der Waals surface area contributed by atoms with Crippen molar-refractivity contribution < 1.29 is 9.59 Å². The fourth-order valence-electron chi connectivity index (χ4n) is 4.05. The molecule has 3 aromatic rings. The quantitative estimate of drug-likeness (QED) is 0.649. The third-order valence-electron chi connectivity index (χ3n) is 5.93. The molecule has 1 atom stereocenters. The first kappa shape index (κ1) is 20.4. The number of nitrogens with zero attached hydrogens (tertiary/aromatic N) is 2. The van der Waals surface area contributed by atoms with Crippen LogP contribution in [0.25, 0.3) is 10.9 Å². The molecule has 1 aliphatic heterocycles. The number of amides is 2. The molecule has 0 bridgehead atoms. The zero-order valence-electron chi connectivity index (χ0n) is 16.9. The molecule has 2 aromatic heterocycles. The molecule has 30 heavy (non-hydrogen) atoms. The lowest BCUT2D eigenvalue weighted by Gasteiger charge is -2.34. The minimum Gasteiger partial charge on any atom is -0.351 e. The van der Waals surface area contributed by atoms with Gasteiger partial charge in [0.2, 0.25) is 5.91 Å². The highest BCUT2D eigenvalue weighted by atomic mass is 35.5. The summed E-state index contributed by atoms with van der Waals surface area (Å²) >= 11 is 6.04. The Hall–Kier alpha value is -2.86. The number of carbonyl (C=O) groups excluding carboxylic acids is 2. The summed E-state index contributed by atoms with van der Waals surface area (Å²) in [5.74, 6) is 0.200. The van der Waals surface area contributed by atoms with Crippen LogP contribution in [0.15, 0.2) is 48.7 Å². The Balaban J connectivity index is 1.31.